The Kier molecular flexibility index (Phi) is 6.37. The summed E-state index contributed by atoms with van der Waals surface area (Å²) in [6, 6.07) is 1.31. The van der Waals surface area contributed by atoms with Gasteiger partial charge in [0.25, 0.3) is 0 Å². The van der Waals surface area contributed by atoms with Crippen LogP contribution >= 0.6 is 0 Å². The molecule has 0 aromatic heterocycles. The first-order chi connectivity index (χ1) is 7.63. The van der Waals surface area contributed by atoms with Crippen molar-refractivity contribution in [2.45, 2.75) is 65.5 Å². The Morgan fingerprint density at radius 2 is 1.69 bits per heavy atom. The van der Waals surface area contributed by atoms with Crippen LogP contribution in [-0.2, 0) is 0 Å². The maximum Gasteiger partial charge on any atom is 0.0169 e. The summed E-state index contributed by atoms with van der Waals surface area (Å²) in [4.78, 5) is 2.62. The third kappa shape index (κ3) is 4.84. The van der Waals surface area contributed by atoms with Gasteiger partial charge in [0.2, 0.25) is 0 Å². The van der Waals surface area contributed by atoms with Crippen molar-refractivity contribution in [1.82, 2.24) is 10.2 Å². The Bertz CT molecular complexity index is 174. The van der Waals surface area contributed by atoms with Crippen molar-refractivity contribution in [3.8, 4) is 0 Å². The second kappa shape index (κ2) is 7.29. The molecule has 0 bridgehead atoms. The second-order valence-electron chi connectivity index (χ2n) is 5.69. The maximum atomic E-state index is 3.77. The van der Waals surface area contributed by atoms with E-state index in [4.69, 9.17) is 0 Å². The average molecular weight is 226 g/mol. The zero-order chi connectivity index (χ0) is 12.0. The van der Waals surface area contributed by atoms with Crippen LogP contribution in [0.5, 0.6) is 0 Å². The van der Waals surface area contributed by atoms with Crippen molar-refractivity contribution in [2.75, 3.05) is 19.6 Å². The summed E-state index contributed by atoms with van der Waals surface area (Å²) in [6.07, 6.45) is 5.46. The Morgan fingerprint density at radius 1 is 1.06 bits per heavy atom. The molecule has 1 aliphatic heterocycles. The topological polar surface area (TPSA) is 15.3 Å². The van der Waals surface area contributed by atoms with Crippen molar-refractivity contribution in [1.29, 1.82) is 0 Å². The van der Waals surface area contributed by atoms with Gasteiger partial charge in [0, 0.05) is 18.6 Å². The van der Waals surface area contributed by atoms with Crippen LogP contribution < -0.4 is 5.32 Å². The molecule has 0 spiro atoms. The maximum absolute atomic E-state index is 3.77. The van der Waals surface area contributed by atoms with Crippen LogP contribution in [0.15, 0.2) is 0 Å². The molecular weight excluding hydrogens is 196 g/mol. The summed E-state index contributed by atoms with van der Waals surface area (Å²) in [5.74, 6) is 0.744. The number of likely N-dealkylation sites (tertiary alicyclic amines) is 1. The van der Waals surface area contributed by atoms with Gasteiger partial charge >= 0.3 is 0 Å². The smallest absolute Gasteiger partial charge is 0.0169 e. The third-order valence-electron chi connectivity index (χ3n) is 3.72. The van der Waals surface area contributed by atoms with E-state index in [0.29, 0.717) is 12.1 Å². The van der Waals surface area contributed by atoms with Gasteiger partial charge in [-0.1, -0.05) is 27.2 Å². The first-order valence-corrected chi connectivity index (χ1v) is 7.12. The van der Waals surface area contributed by atoms with Crippen LogP contribution in [0.4, 0.5) is 0 Å². The number of hydrogen-bond acceptors (Lipinski definition) is 2. The molecule has 1 heterocycles. The SMILES string of the molecule is CCC(NC(C)CN1CCCCC1)C(C)C. The van der Waals surface area contributed by atoms with E-state index in [1.54, 1.807) is 0 Å². The van der Waals surface area contributed by atoms with Crippen molar-refractivity contribution < 1.29 is 0 Å². The summed E-state index contributed by atoms with van der Waals surface area (Å²) in [5.41, 5.74) is 0. The Morgan fingerprint density at radius 3 is 2.19 bits per heavy atom. The second-order valence-corrected chi connectivity index (χ2v) is 5.69. The van der Waals surface area contributed by atoms with E-state index in [0.717, 1.165) is 5.92 Å². The Labute approximate surface area is 102 Å². The molecule has 0 saturated carbocycles. The van der Waals surface area contributed by atoms with Crippen LogP contribution in [0, 0.1) is 5.92 Å². The standard InChI is InChI=1S/C14H30N2/c1-5-14(12(2)3)15-13(4)11-16-9-7-6-8-10-16/h12-15H,5-11H2,1-4H3. The molecule has 2 atom stereocenters. The molecule has 0 aliphatic carbocycles. The van der Waals surface area contributed by atoms with Gasteiger partial charge in [-0.05, 0) is 45.2 Å². The third-order valence-corrected chi connectivity index (χ3v) is 3.72. The molecule has 2 heteroatoms. The predicted molar refractivity (Wildman–Crippen MR) is 71.8 cm³/mol. The van der Waals surface area contributed by atoms with E-state index in [9.17, 15) is 0 Å². The summed E-state index contributed by atoms with van der Waals surface area (Å²) in [7, 11) is 0. The lowest BCUT2D eigenvalue weighted by atomic mass is 10.0. The van der Waals surface area contributed by atoms with E-state index in [1.165, 1.54) is 45.3 Å². The van der Waals surface area contributed by atoms with Crippen LogP contribution in [0.1, 0.15) is 53.4 Å². The molecular formula is C14H30N2. The largest absolute Gasteiger partial charge is 0.310 e. The van der Waals surface area contributed by atoms with Crippen molar-refractivity contribution in [3.63, 3.8) is 0 Å². The number of piperidine rings is 1. The van der Waals surface area contributed by atoms with E-state index >= 15 is 0 Å². The molecule has 1 aliphatic rings. The highest BCUT2D eigenvalue weighted by atomic mass is 15.2. The van der Waals surface area contributed by atoms with Crippen LogP contribution in [0.3, 0.4) is 0 Å². The van der Waals surface area contributed by atoms with E-state index in [2.05, 4.69) is 37.9 Å². The normalized spacial score (nSPS) is 22.3. The number of hydrogen-bond donors (Lipinski definition) is 1. The summed E-state index contributed by atoms with van der Waals surface area (Å²) >= 11 is 0. The predicted octanol–water partition coefficient (Wildman–Crippen LogP) is 2.89. The minimum absolute atomic E-state index is 0.630. The lowest BCUT2D eigenvalue weighted by molar-refractivity contribution is 0.198. The minimum Gasteiger partial charge on any atom is -0.310 e. The Balaban J connectivity index is 2.25. The van der Waals surface area contributed by atoms with E-state index < -0.39 is 0 Å². The quantitative estimate of drug-likeness (QED) is 0.749. The molecule has 0 aromatic carbocycles. The van der Waals surface area contributed by atoms with Gasteiger partial charge in [0.05, 0.1) is 0 Å². The van der Waals surface area contributed by atoms with Gasteiger partial charge in [-0.2, -0.15) is 0 Å². The van der Waals surface area contributed by atoms with Crippen LogP contribution in [0.2, 0.25) is 0 Å². The molecule has 2 nitrogen and oxygen atoms in total. The average Bonchev–Trinajstić information content (AvgIpc) is 2.27. The molecule has 1 rings (SSSR count). The van der Waals surface area contributed by atoms with Gasteiger partial charge in [-0.3, -0.25) is 0 Å². The molecule has 0 aromatic rings. The van der Waals surface area contributed by atoms with Crippen LogP contribution in [-0.4, -0.2) is 36.6 Å². The van der Waals surface area contributed by atoms with Gasteiger partial charge in [-0.15, -0.1) is 0 Å². The van der Waals surface area contributed by atoms with E-state index in [-0.39, 0.29) is 0 Å². The van der Waals surface area contributed by atoms with Gasteiger partial charge in [0.1, 0.15) is 0 Å². The molecule has 16 heavy (non-hydrogen) atoms. The summed E-state index contributed by atoms with van der Waals surface area (Å²) < 4.78 is 0. The van der Waals surface area contributed by atoms with Gasteiger partial charge in [-0.25, -0.2) is 0 Å². The molecule has 1 saturated heterocycles. The van der Waals surface area contributed by atoms with Crippen molar-refractivity contribution >= 4 is 0 Å². The lowest BCUT2D eigenvalue weighted by Gasteiger charge is -2.32. The molecule has 1 fully saturated rings. The highest BCUT2D eigenvalue weighted by Crippen LogP contribution is 2.10. The highest BCUT2D eigenvalue weighted by molar-refractivity contribution is 4.76. The zero-order valence-corrected chi connectivity index (χ0v) is 11.6. The molecule has 1 N–H and O–H groups in total. The molecule has 2 unspecified atom stereocenters. The van der Waals surface area contributed by atoms with Crippen LogP contribution in [0.25, 0.3) is 0 Å². The lowest BCUT2D eigenvalue weighted by Crippen LogP contribution is -2.46. The van der Waals surface area contributed by atoms with Crippen molar-refractivity contribution in [2.24, 2.45) is 5.92 Å². The number of rotatable bonds is 6. The molecule has 0 amide bonds. The fraction of sp³-hybridized carbons (Fsp3) is 1.00. The first kappa shape index (κ1) is 14.0. The summed E-state index contributed by atoms with van der Waals surface area (Å²) in [5, 5.41) is 3.77. The monoisotopic (exact) mass is 226 g/mol. The fourth-order valence-corrected chi connectivity index (χ4v) is 2.73. The van der Waals surface area contributed by atoms with Gasteiger partial charge in [0.15, 0.2) is 0 Å². The minimum atomic E-state index is 0.630. The Hall–Kier alpha value is -0.0800. The van der Waals surface area contributed by atoms with E-state index in [1.807, 2.05) is 0 Å². The van der Waals surface area contributed by atoms with Gasteiger partial charge < -0.3 is 10.2 Å². The molecule has 0 radical (unpaired) electrons. The number of nitrogens with zero attached hydrogens (tertiary/aromatic N) is 1. The first-order valence-electron chi connectivity index (χ1n) is 7.12. The summed E-state index contributed by atoms with van der Waals surface area (Å²) in [6.45, 7) is 13.1. The molecule has 96 valence electrons. The van der Waals surface area contributed by atoms with Crippen molar-refractivity contribution in [3.05, 3.63) is 0 Å². The number of nitrogens with one attached hydrogen (secondary N) is 1. The fourth-order valence-electron chi connectivity index (χ4n) is 2.73. The highest BCUT2D eigenvalue weighted by Gasteiger charge is 2.17. The zero-order valence-electron chi connectivity index (χ0n) is 11.6.